The van der Waals surface area contributed by atoms with E-state index in [4.69, 9.17) is 4.74 Å². The van der Waals surface area contributed by atoms with E-state index in [-0.39, 0.29) is 23.8 Å². The topological polar surface area (TPSA) is 80.5 Å². The molecule has 1 N–H and O–H groups in total. The fourth-order valence-corrected chi connectivity index (χ4v) is 4.90. The van der Waals surface area contributed by atoms with Gasteiger partial charge in [0.1, 0.15) is 17.8 Å². The molecule has 5 rings (SSSR count). The summed E-state index contributed by atoms with van der Waals surface area (Å²) in [5.41, 5.74) is -0.752. The van der Waals surface area contributed by atoms with Gasteiger partial charge in [-0.1, -0.05) is 0 Å². The summed E-state index contributed by atoms with van der Waals surface area (Å²) in [7, 11) is 0. The number of nitrogens with zero attached hydrogens (tertiary/aromatic N) is 6. The second-order valence-corrected chi connectivity index (χ2v) is 8.85. The number of halogens is 6. The highest BCUT2D eigenvalue weighted by molar-refractivity contribution is 5.57. The van der Waals surface area contributed by atoms with E-state index >= 15 is 0 Å². The Balaban J connectivity index is 1.40. The van der Waals surface area contributed by atoms with Gasteiger partial charge in [0.2, 0.25) is 5.95 Å². The minimum Gasteiger partial charge on any atom is -0.480 e. The lowest BCUT2D eigenvalue weighted by Crippen LogP contribution is -2.48. The quantitative estimate of drug-likeness (QED) is 0.527. The number of aromatic nitrogens is 5. The number of nitrogens with one attached hydrogen (secondary N) is 1. The maximum atomic E-state index is 13.5. The van der Waals surface area contributed by atoms with Crippen molar-refractivity contribution in [3.8, 4) is 5.75 Å². The molecule has 3 aromatic rings. The molecule has 35 heavy (non-hydrogen) atoms. The van der Waals surface area contributed by atoms with E-state index in [1.165, 1.54) is 6.33 Å². The Morgan fingerprint density at radius 1 is 1.06 bits per heavy atom. The summed E-state index contributed by atoms with van der Waals surface area (Å²) in [5, 5.41) is 7.09. The standard InChI is InChI=1S/C21H21F6N7O/c1-11-6-16(29-10-28-11)33-7-12-2-3-13(8-33)17(12)30-19-31-18-14(35-9-20(22,23)24)4-5-15(21(25,26)27)34(18)32-19/h4-6,10,12-13,17H,2-3,7-9H2,1H3,(H,30,32). The van der Waals surface area contributed by atoms with Crippen molar-refractivity contribution in [2.24, 2.45) is 11.8 Å². The molecule has 0 aromatic carbocycles. The van der Waals surface area contributed by atoms with Crippen LogP contribution in [0.2, 0.25) is 0 Å². The summed E-state index contributed by atoms with van der Waals surface area (Å²) in [5.74, 6) is 0.622. The average molecular weight is 501 g/mol. The molecule has 1 aliphatic heterocycles. The van der Waals surface area contributed by atoms with E-state index in [1.54, 1.807) is 0 Å². The van der Waals surface area contributed by atoms with Gasteiger partial charge >= 0.3 is 12.4 Å². The highest BCUT2D eigenvalue weighted by Crippen LogP contribution is 2.40. The molecule has 188 valence electrons. The lowest BCUT2D eigenvalue weighted by Gasteiger charge is -2.38. The molecular weight excluding hydrogens is 480 g/mol. The predicted molar refractivity (Wildman–Crippen MR) is 112 cm³/mol. The first-order valence-electron chi connectivity index (χ1n) is 10.9. The molecule has 0 radical (unpaired) electrons. The smallest absolute Gasteiger partial charge is 0.433 e. The van der Waals surface area contributed by atoms with Crippen LogP contribution in [0.1, 0.15) is 24.2 Å². The normalized spacial score (nSPS) is 22.6. The zero-order valence-corrected chi connectivity index (χ0v) is 18.4. The number of fused-ring (bicyclic) bond motifs is 3. The van der Waals surface area contributed by atoms with E-state index in [0.717, 1.165) is 30.4 Å². The molecule has 1 aliphatic carbocycles. The molecule has 1 saturated heterocycles. The molecule has 4 heterocycles. The number of piperidine rings is 1. The molecule has 1 saturated carbocycles. The molecule has 2 unspecified atom stereocenters. The van der Waals surface area contributed by atoms with Gasteiger partial charge in [0.15, 0.2) is 18.0 Å². The predicted octanol–water partition coefficient (Wildman–Crippen LogP) is 4.11. The zero-order chi connectivity index (χ0) is 25.0. The SMILES string of the molecule is Cc1cc(N2CC3CCC(C2)C3Nc2nc3c(OCC(F)(F)F)ccc(C(F)(F)F)n3n2)ncn1. The van der Waals surface area contributed by atoms with Crippen molar-refractivity contribution >= 4 is 17.4 Å². The number of aryl methyl sites for hydroxylation is 1. The summed E-state index contributed by atoms with van der Waals surface area (Å²) in [6.45, 7) is 1.59. The van der Waals surface area contributed by atoms with Crippen LogP contribution in [0.4, 0.5) is 38.1 Å². The summed E-state index contributed by atoms with van der Waals surface area (Å²) in [4.78, 5) is 14.7. The third kappa shape index (κ3) is 4.78. The van der Waals surface area contributed by atoms with Gasteiger partial charge in [-0.25, -0.2) is 14.5 Å². The fourth-order valence-electron chi connectivity index (χ4n) is 4.90. The molecule has 2 atom stereocenters. The fraction of sp³-hybridized carbons (Fsp3) is 0.524. The van der Waals surface area contributed by atoms with Gasteiger partial charge in [0, 0.05) is 30.9 Å². The maximum absolute atomic E-state index is 13.5. The van der Waals surface area contributed by atoms with Crippen LogP contribution in [0.3, 0.4) is 0 Å². The summed E-state index contributed by atoms with van der Waals surface area (Å²) in [6.07, 6.45) is -6.12. The monoisotopic (exact) mass is 501 g/mol. The van der Waals surface area contributed by atoms with Crippen molar-refractivity contribution in [1.29, 1.82) is 0 Å². The van der Waals surface area contributed by atoms with E-state index in [0.29, 0.717) is 23.7 Å². The molecule has 2 bridgehead atoms. The second kappa shape index (κ2) is 8.41. The molecule has 8 nitrogen and oxygen atoms in total. The van der Waals surface area contributed by atoms with E-state index in [2.05, 4.69) is 30.3 Å². The van der Waals surface area contributed by atoms with Crippen LogP contribution >= 0.6 is 0 Å². The zero-order valence-electron chi connectivity index (χ0n) is 18.4. The van der Waals surface area contributed by atoms with Crippen LogP contribution in [0, 0.1) is 18.8 Å². The van der Waals surface area contributed by atoms with Crippen LogP contribution in [-0.2, 0) is 6.18 Å². The molecule has 3 aromatic heterocycles. The first kappa shape index (κ1) is 23.4. The van der Waals surface area contributed by atoms with Crippen molar-refractivity contribution in [3.05, 3.63) is 35.9 Å². The number of alkyl halides is 6. The number of anilines is 2. The second-order valence-electron chi connectivity index (χ2n) is 8.85. The number of pyridine rings is 1. The third-order valence-electron chi connectivity index (χ3n) is 6.37. The molecule has 14 heteroatoms. The molecule has 0 amide bonds. The average Bonchev–Trinajstić information content (AvgIpc) is 3.27. The van der Waals surface area contributed by atoms with Crippen molar-refractivity contribution in [1.82, 2.24) is 24.6 Å². The Morgan fingerprint density at radius 3 is 2.40 bits per heavy atom. The minimum absolute atomic E-state index is 0.0909. The maximum Gasteiger partial charge on any atom is 0.433 e. The lowest BCUT2D eigenvalue weighted by molar-refractivity contribution is -0.153. The van der Waals surface area contributed by atoms with Gasteiger partial charge in [-0.05, 0) is 43.7 Å². The van der Waals surface area contributed by atoms with Crippen molar-refractivity contribution in [2.45, 2.75) is 38.2 Å². The number of hydrogen-bond donors (Lipinski definition) is 1. The van der Waals surface area contributed by atoms with Crippen molar-refractivity contribution in [2.75, 3.05) is 29.9 Å². The van der Waals surface area contributed by atoms with Gasteiger partial charge in [-0.15, -0.1) is 5.10 Å². The number of hydrogen-bond acceptors (Lipinski definition) is 7. The van der Waals surface area contributed by atoms with Gasteiger partial charge in [0.25, 0.3) is 0 Å². The van der Waals surface area contributed by atoms with Crippen LogP contribution in [-0.4, -0.2) is 56.5 Å². The summed E-state index contributed by atoms with van der Waals surface area (Å²) in [6, 6.07) is 3.26. The Bertz CT molecular complexity index is 1210. The van der Waals surface area contributed by atoms with Crippen LogP contribution in [0.5, 0.6) is 5.75 Å². The highest BCUT2D eigenvalue weighted by atomic mass is 19.4. The van der Waals surface area contributed by atoms with E-state index < -0.39 is 36.1 Å². The van der Waals surface area contributed by atoms with E-state index in [9.17, 15) is 26.3 Å². The van der Waals surface area contributed by atoms with Gasteiger partial charge in [-0.3, -0.25) is 0 Å². The molecule has 2 fully saturated rings. The Labute approximate surface area is 195 Å². The number of ether oxygens (including phenoxy) is 1. The first-order chi connectivity index (χ1) is 16.5. The minimum atomic E-state index is -4.79. The molecular formula is C21H21F6N7O. The Morgan fingerprint density at radius 2 is 1.77 bits per heavy atom. The van der Waals surface area contributed by atoms with Crippen LogP contribution in [0.25, 0.3) is 5.65 Å². The largest absolute Gasteiger partial charge is 0.480 e. The Kier molecular flexibility index (Phi) is 5.63. The molecule has 0 spiro atoms. The first-order valence-corrected chi connectivity index (χ1v) is 10.9. The van der Waals surface area contributed by atoms with Crippen LogP contribution < -0.4 is 15.0 Å². The highest BCUT2D eigenvalue weighted by Gasteiger charge is 2.43. The summed E-state index contributed by atoms with van der Waals surface area (Å²) >= 11 is 0. The summed E-state index contributed by atoms with van der Waals surface area (Å²) < 4.78 is 83.6. The van der Waals surface area contributed by atoms with Crippen LogP contribution in [0.15, 0.2) is 24.5 Å². The van der Waals surface area contributed by atoms with Gasteiger partial charge in [0.05, 0.1) is 0 Å². The third-order valence-corrected chi connectivity index (χ3v) is 6.37. The molecule has 2 aliphatic rings. The van der Waals surface area contributed by atoms with E-state index in [1.807, 2.05) is 13.0 Å². The van der Waals surface area contributed by atoms with Gasteiger partial charge < -0.3 is 15.0 Å². The lowest BCUT2D eigenvalue weighted by atomic mass is 9.92. The van der Waals surface area contributed by atoms with Crippen molar-refractivity contribution < 1.29 is 31.1 Å². The Hall–Kier alpha value is -3.32. The number of rotatable bonds is 5. The van der Waals surface area contributed by atoms with Crippen molar-refractivity contribution in [3.63, 3.8) is 0 Å². The van der Waals surface area contributed by atoms with Gasteiger partial charge in [-0.2, -0.15) is 31.3 Å².